The summed E-state index contributed by atoms with van der Waals surface area (Å²) in [5.74, 6) is 0. The smallest absolute Gasteiger partial charge is 0.187 e. The molecular formula is C25H44O22. The average molecular weight is 697 g/mol. The van der Waals surface area contributed by atoms with E-state index in [2.05, 4.69) is 0 Å². The highest BCUT2D eigenvalue weighted by atomic mass is 16.8. The maximum absolute atomic E-state index is 11.0. The molecule has 4 heterocycles. The summed E-state index contributed by atoms with van der Waals surface area (Å²) < 4.78 is 37.8. The van der Waals surface area contributed by atoms with Gasteiger partial charge in [0.25, 0.3) is 0 Å². The molecular weight excluding hydrogens is 652 g/mol. The lowest BCUT2D eigenvalue weighted by atomic mass is 9.94. The molecule has 15 N–H and O–H groups in total. The quantitative estimate of drug-likeness (QED) is 0.0953. The van der Waals surface area contributed by atoms with Gasteiger partial charge < -0.3 is 110 Å². The molecule has 22 heteroatoms. The van der Waals surface area contributed by atoms with Crippen molar-refractivity contribution in [2.45, 2.75) is 129 Å². The van der Waals surface area contributed by atoms with E-state index >= 15 is 0 Å². The van der Waals surface area contributed by atoms with Crippen LogP contribution in [0.1, 0.15) is 0 Å². The lowest BCUT2D eigenvalue weighted by Crippen LogP contribution is -2.68. The first-order valence-electron chi connectivity index (χ1n) is 14.7. The molecule has 0 aromatic carbocycles. The van der Waals surface area contributed by atoms with Gasteiger partial charge in [-0.3, -0.25) is 0 Å². The van der Waals surface area contributed by atoms with Crippen LogP contribution in [0.5, 0.6) is 0 Å². The van der Waals surface area contributed by atoms with Gasteiger partial charge in [-0.2, -0.15) is 0 Å². The molecule has 4 aliphatic rings. The zero-order chi connectivity index (χ0) is 34.9. The van der Waals surface area contributed by atoms with Crippen LogP contribution in [0, 0.1) is 0 Å². The number of aliphatic hydroxyl groups is 15. The van der Waals surface area contributed by atoms with Crippen LogP contribution in [-0.4, -0.2) is 232 Å². The highest BCUT2D eigenvalue weighted by Gasteiger charge is 2.55. The summed E-state index contributed by atoms with van der Waals surface area (Å²) in [6.07, 6.45) is -38.7. The highest BCUT2D eigenvalue weighted by Crippen LogP contribution is 2.34. The fourth-order valence-electron chi connectivity index (χ4n) is 5.75. The number of hydrogen-bond donors (Lipinski definition) is 15. The molecule has 4 aliphatic heterocycles. The first-order chi connectivity index (χ1) is 22.2. The fourth-order valence-corrected chi connectivity index (χ4v) is 5.75. The van der Waals surface area contributed by atoms with Crippen molar-refractivity contribution >= 4 is 0 Å². The van der Waals surface area contributed by atoms with Crippen LogP contribution in [-0.2, 0) is 33.2 Å². The second kappa shape index (κ2) is 16.4. The van der Waals surface area contributed by atoms with Gasteiger partial charge in [-0.15, -0.1) is 0 Å². The summed E-state index contributed by atoms with van der Waals surface area (Å²) in [6.45, 7) is -3.62. The number of rotatable bonds is 11. The molecule has 1 unspecified atom stereocenters. The van der Waals surface area contributed by atoms with E-state index in [0.29, 0.717) is 0 Å². The van der Waals surface area contributed by atoms with E-state index in [1.807, 2.05) is 0 Å². The van der Waals surface area contributed by atoms with Crippen LogP contribution in [0.2, 0.25) is 0 Å². The van der Waals surface area contributed by atoms with Gasteiger partial charge in [-0.25, -0.2) is 0 Å². The van der Waals surface area contributed by atoms with E-state index in [9.17, 15) is 76.6 Å². The summed E-state index contributed by atoms with van der Waals surface area (Å²) in [6, 6.07) is 0. The molecule has 4 fully saturated rings. The molecule has 21 atom stereocenters. The van der Waals surface area contributed by atoms with Crippen molar-refractivity contribution in [1.82, 2.24) is 0 Å². The van der Waals surface area contributed by atoms with Crippen LogP contribution in [0.4, 0.5) is 0 Å². The minimum atomic E-state index is -2.09. The minimum absolute atomic E-state index is 0.818. The first-order valence-corrected chi connectivity index (χ1v) is 14.7. The van der Waals surface area contributed by atoms with E-state index in [1.54, 1.807) is 0 Å². The third-order valence-electron chi connectivity index (χ3n) is 8.53. The summed E-state index contributed by atoms with van der Waals surface area (Å²) in [5, 5.41) is 153. The van der Waals surface area contributed by atoms with E-state index in [-0.39, 0.29) is 0 Å². The molecule has 4 rings (SSSR count). The standard InChI is InChI=1S/C25H44O22/c26-1-5(30)18-21(12(34)14(36)22(40)44-18)47-24-16(38)13(35)19(8(4-29)43-24)45-25-17(39)20(10(32)7(3-28)42-25)46-23-15(37)11(33)9(31)6(2-27)41-23/h5-40H,1-4H2/t5-,6+,7+,8+,9-,10-,11-,12+,13+,14-,15+,16+,17+,18+,19+,20-,21-,22?,23+,24-,25-/m0/s1. The summed E-state index contributed by atoms with van der Waals surface area (Å²) >= 11 is 0. The SMILES string of the molecule is OC[C@H](O)[C@H]1OC(O)[C@@H](O)[C@@H](O)[C@@H]1O[C@@H]1O[C@H](CO)[C@@H](O[C@@H]2O[C@H](CO)[C@H](O)[C@H](O[C@H]3O[C@H](CO)[C@H](O)[C@H](O)[C@H]3O)[C@H]2O)[C@H](O)[C@H]1O. The van der Waals surface area contributed by atoms with E-state index in [4.69, 9.17) is 33.2 Å². The predicted octanol–water partition coefficient (Wildman–Crippen LogP) is -10.4. The maximum Gasteiger partial charge on any atom is 0.187 e. The van der Waals surface area contributed by atoms with Crippen LogP contribution in [0.3, 0.4) is 0 Å². The van der Waals surface area contributed by atoms with Gasteiger partial charge in [0.05, 0.1) is 26.4 Å². The van der Waals surface area contributed by atoms with Crippen molar-refractivity contribution in [2.24, 2.45) is 0 Å². The topological polar surface area (TPSA) is 368 Å². The van der Waals surface area contributed by atoms with Crippen molar-refractivity contribution in [2.75, 3.05) is 26.4 Å². The Morgan fingerprint density at radius 2 is 0.872 bits per heavy atom. The van der Waals surface area contributed by atoms with Gasteiger partial charge in [0.15, 0.2) is 25.2 Å². The maximum atomic E-state index is 11.0. The highest BCUT2D eigenvalue weighted by molar-refractivity contribution is 4.98. The number of hydrogen-bond acceptors (Lipinski definition) is 22. The van der Waals surface area contributed by atoms with E-state index in [0.717, 1.165) is 0 Å². The average Bonchev–Trinajstić information content (AvgIpc) is 3.06. The van der Waals surface area contributed by atoms with Crippen molar-refractivity contribution in [3.05, 3.63) is 0 Å². The van der Waals surface area contributed by atoms with Crippen molar-refractivity contribution in [3.8, 4) is 0 Å². The number of ether oxygens (including phenoxy) is 7. The summed E-state index contributed by atoms with van der Waals surface area (Å²) in [5.41, 5.74) is 0. The molecule has 0 aromatic heterocycles. The second-order valence-corrected chi connectivity index (χ2v) is 11.6. The normalized spacial score (nSPS) is 51.9. The minimum Gasteiger partial charge on any atom is -0.394 e. The van der Waals surface area contributed by atoms with Gasteiger partial charge in [-0.05, 0) is 0 Å². The monoisotopic (exact) mass is 696 g/mol. The molecule has 0 spiro atoms. The predicted molar refractivity (Wildman–Crippen MR) is 140 cm³/mol. The summed E-state index contributed by atoms with van der Waals surface area (Å²) in [7, 11) is 0. The second-order valence-electron chi connectivity index (χ2n) is 11.6. The lowest BCUT2D eigenvalue weighted by molar-refractivity contribution is -0.389. The molecule has 276 valence electrons. The molecule has 47 heavy (non-hydrogen) atoms. The third kappa shape index (κ3) is 7.89. The Morgan fingerprint density at radius 1 is 0.426 bits per heavy atom. The summed E-state index contributed by atoms with van der Waals surface area (Å²) in [4.78, 5) is 0. The Morgan fingerprint density at radius 3 is 1.43 bits per heavy atom. The zero-order valence-corrected chi connectivity index (χ0v) is 24.5. The van der Waals surface area contributed by atoms with Gasteiger partial charge in [0, 0.05) is 0 Å². The lowest BCUT2D eigenvalue weighted by Gasteiger charge is -2.49. The Labute approximate surface area is 265 Å². The molecule has 0 aromatic rings. The molecule has 0 bridgehead atoms. The van der Waals surface area contributed by atoms with Gasteiger partial charge >= 0.3 is 0 Å². The van der Waals surface area contributed by atoms with Crippen molar-refractivity contribution in [3.63, 3.8) is 0 Å². The third-order valence-corrected chi connectivity index (χ3v) is 8.53. The zero-order valence-electron chi connectivity index (χ0n) is 24.5. The van der Waals surface area contributed by atoms with Gasteiger partial charge in [0.1, 0.15) is 104 Å². The molecule has 0 radical (unpaired) electrons. The largest absolute Gasteiger partial charge is 0.394 e. The van der Waals surface area contributed by atoms with Crippen molar-refractivity contribution in [1.29, 1.82) is 0 Å². The van der Waals surface area contributed by atoms with Gasteiger partial charge in [-0.1, -0.05) is 0 Å². The molecule has 0 amide bonds. The van der Waals surface area contributed by atoms with Crippen molar-refractivity contribution < 1.29 is 110 Å². The molecule has 22 nitrogen and oxygen atoms in total. The van der Waals surface area contributed by atoms with Crippen LogP contribution < -0.4 is 0 Å². The first kappa shape index (κ1) is 38.9. The Kier molecular flexibility index (Phi) is 13.6. The Balaban J connectivity index is 1.49. The van der Waals surface area contributed by atoms with Gasteiger partial charge in [0.2, 0.25) is 0 Å². The van der Waals surface area contributed by atoms with Crippen LogP contribution in [0.25, 0.3) is 0 Å². The fraction of sp³-hybridized carbons (Fsp3) is 1.00. The van der Waals surface area contributed by atoms with Crippen LogP contribution in [0.15, 0.2) is 0 Å². The Hall–Kier alpha value is -0.880. The van der Waals surface area contributed by atoms with E-state index in [1.165, 1.54) is 0 Å². The molecule has 0 aliphatic carbocycles. The van der Waals surface area contributed by atoms with Crippen LogP contribution >= 0.6 is 0 Å². The molecule has 0 saturated carbocycles. The molecule has 4 saturated heterocycles. The van der Waals surface area contributed by atoms with E-state index < -0.39 is 155 Å². The Bertz CT molecular complexity index is 962. The number of aliphatic hydroxyl groups excluding tert-OH is 15.